The van der Waals surface area contributed by atoms with Crippen LogP contribution in [0.1, 0.15) is 17.5 Å². The standard InChI is InChI=1S/C25H25N3O5/c26-19(13-24(29)30)18-5-1-2-6-20(18)27-14-16-9-11-17(12-10-16)28-25(31)23-15-32-21-7-3-4-8-22(21)33-23/h1-12,21-23,26-27H,13-15H2,(H,28,31)(H,29,30). The van der Waals surface area contributed by atoms with Gasteiger partial charge < -0.3 is 30.6 Å². The van der Waals surface area contributed by atoms with E-state index in [1.165, 1.54) is 0 Å². The molecule has 4 N–H and O–H groups in total. The number of carboxylic acid groups (broad SMARTS) is 1. The number of anilines is 2. The number of allylic oxidation sites excluding steroid dienone is 2. The van der Waals surface area contributed by atoms with E-state index >= 15 is 0 Å². The van der Waals surface area contributed by atoms with Crippen molar-refractivity contribution in [2.75, 3.05) is 17.2 Å². The van der Waals surface area contributed by atoms with Crippen molar-refractivity contribution in [3.8, 4) is 0 Å². The summed E-state index contributed by atoms with van der Waals surface area (Å²) < 4.78 is 11.6. The molecule has 8 heteroatoms. The van der Waals surface area contributed by atoms with E-state index in [-0.39, 0.29) is 36.9 Å². The summed E-state index contributed by atoms with van der Waals surface area (Å²) in [5.41, 5.74) is 2.91. The molecule has 2 aromatic rings. The van der Waals surface area contributed by atoms with Gasteiger partial charge in [-0.1, -0.05) is 54.6 Å². The lowest BCUT2D eigenvalue weighted by Crippen LogP contribution is -2.47. The summed E-state index contributed by atoms with van der Waals surface area (Å²) in [4.78, 5) is 23.5. The highest BCUT2D eigenvalue weighted by atomic mass is 16.6. The molecule has 1 heterocycles. The molecule has 0 bridgehead atoms. The largest absolute Gasteiger partial charge is 0.481 e. The molecule has 1 saturated heterocycles. The predicted molar refractivity (Wildman–Crippen MR) is 125 cm³/mol. The molecule has 0 saturated carbocycles. The maximum atomic E-state index is 12.6. The molecule has 3 unspecified atom stereocenters. The highest BCUT2D eigenvalue weighted by molar-refractivity contribution is 6.10. The van der Waals surface area contributed by atoms with E-state index in [1.807, 2.05) is 60.7 Å². The highest BCUT2D eigenvalue weighted by Gasteiger charge is 2.33. The number of benzene rings is 2. The molecular formula is C25H25N3O5. The minimum atomic E-state index is -1.04. The van der Waals surface area contributed by atoms with Gasteiger partial charge in [-0.05, 0) is 23.8 Å². The Morgan fingerprint density at radius 2 is 1.76 bits per heavy atom. The maximum absolute atomic E-state index is 12.6. The first-order valence-electron chi connectivity index (χ1n) is 10.6. The van der Waals surface area contributed by atoms with Gasteiger partial charge in [0.15, 0.2) is 6.10 Å². The number of carbonyl (C=O) groups excluding carboxylic acids is 1. The van der Waals surface area contributed by atoms with Crippen molar-refractivity contribution in [3.05, 3.63) is 84.0 Å². The molecule has 0 radical (unpaired) electrons. The van der Waals surface area contributed by atoms with Crippen LogP contribution in [0.3, 0.4) is 0 Å². The van der Waals surface area contributed by atoms with Crippen LogP contribution in [0, 0.1) is 5.41 Å². The van der Waals surface area contributed by atoms with Gasteiger partial charge in [-0.25, -0.2) is 0 Å². The minimum absolute atomic E-state index is 0.0450. The fraction of sp³-hybridized carbons (Fsp3) is 0.240. The number of fused-ring (bicyclic) bond motifs is 1. The van der Waals surface area contributed by atoms with E-state index in [9.17, 15) is 9.59 Å². The molecule has 3 atom stereocenters. The second-order valence-electron chi connectivity index (χ2n) is 7.79. The lowest BCUT2D eigenvalue weighted by atomic mass is 10.0. The van der Waals surface area contributed by atoms with E-state index in [4.69, 9.17) is 20.0 Å². The summed E-state index contributed by atoms with van der Waals surface area (Å²) >= 11 is 0. The Hall–Kier alpha value is -3.75. The van der Waals surface area contributed by atoms with Crippen LogP contribution >= 0.6 is 0 Å². The molecule has 33 heavy (non-hydrogen) atoms. The van der Waals surface area contributed by atoms with Gasteiger partial charge in [-0.2, -0.15) is 0 Å². The van der Waals surface area contributed by atoms with Gasteiger partial charge in [-0.15, -0.1) is 0 Å². The minimum Gasteiger partial charge on any atom is -0.481 e. The molecule has 170 valence electrons. The Kier molecular flexibility index (Phi) is 6.97. The van der Waals surface area contributed by atoms with E-state index in [2.05, 4.69) is 10.6 Å². The average Bonchev–Trinajstić information content (AvgIpc) is 2.83. The maximum Gasteiger partial charge on any atom is 0.309 e. The Morgan fingerprint density at radius 1 is 1.03 bits per heavy atom. The SMILES string of the molecule is N=C(CC(=O)O)c1ccccc1NCc1ccc(NC(=O)C2COC3C=CC=CC3O2)cc1. The molecule has 1 amide bonds. The van der Waals surface area contributed by atoms with Gasteiger partial charge in [0, 0.05) is 23.5 Å². The molecule has 0 spiro atoms. The summed E-state index contributed by atoms with van der Waals surface area (Å²) in [6.45, 7) is 0.678. The van der Waals surface area contributed by atoms with Crippen molar-refractivity contribution in [1.82, 2.24) is 0 Å². The number of amides is 1. The first kappa shape index (κ1) is 22.4. The smallest absolute Gasteiger partial charge is 0.309 e. The number of nitrogens with one attached hydrogen (secondary N) is 3. The van der Waals surface area contributed by atoms with Crippen molar-refractivity contribution < 1.29 is 24.2 Å². The van der Waals surface area contributed by atoms with Crippen LogP contribution in [0.4, 0.5) is 11.4 Å². The summed E-state index contributed by atoms with van der Waals surface area (Å²) in [6, 6.07) is 14.5. The van der Waals surface area contributed by atoms with Crippen LogP contribution in [-0.4, -0.2) is 47.6 Å². The lowest BCUT2D eigenvalue weighted by Gasteiger charge is -2.34. The van der Waals surface area contributed by atoms with Crippen molar-refractivity contribution in [3.63, 3.8) is 0 Å². The van der Waals surface area contributed by atoms with E-state index in [0.717, 1.165) is 5.56 Å². The first-order valence-corrected chi connectivity index (χ1v) is 10.6. The van der Waals surface area contributed by atoms with E-state index < -0.39 is 12.1 Å². The van der Waals surface area contributed by atoms with Crippen LogP contribution in [0.2, 0.25) is 0 Å². The first-order chi connectivity index (χ1) is 16.0. The number of rotatable bonds is 8. The van der Waals surface area contributed by atoms with Crippen molar-refractivity contribution in [2.45, 2.75) is 31.3 Å². The Morgan fingerprint density at radius 3 is 2.52 bits per heavy atom. The lowest BCUT2D eigenvalue weighted by molar-refractivity contribution is -0.164. The summed E-state index contributed by atoms with van der Waals surface area (Å²) in [5, 5.41) is 23.1. The summed E-state index contributed by atoms with van der Waals surface area (Å²) in [7, 11) is 0. The van der Waals surface area contributed by atoms with E-state index in [1.54, 1.807) is 12.1 Å². The number of aliphatic carboxylic acids is 1. The third-order valence-electron chi connectivity index (χ3n) is 5.37. The molecule has 1 aliphatic carbocycles. The third-order valence-corrected chi connectivity index (χ3v) is 5.37. The van der Waals surface area contributed by atoms with Crippen LogP contribution < -0.4 is 10.6 Å². The fourth-order valence-electron chi connectivity index (χ4n) is 3.68. The zero-order valence-electron chi connectivity index (χ0n) is 17.9. The quantitative estimate of drug-likeness (QED) is 0.461. The Bertz CT molecular complexity index is 1090. The van der Waals surface area contributed by atoms with Gasteiger partial charge in [0.25, 0.3) is 5.91 Å². The van der Waals surface area contributed by atoms with Crippen LogP contribution in [0.25, 0.3) is 0 Å². The molecular weight excluding hydrogens is 422 g/mol. The normalized spacial score (nSPS) is 21.2. The second kappa shape index (κ2) is 10.2. The van der Waals surface area contributed by atoms with Crippen LogP contribution in [0.15, 0.2) is 72.8 Å². The Balaban J connectivity index is 1.32. The number of para-hydroxylation sites is 1. The van der Waals surface area contributed by atoms with Gasteiger partial charge in [-0.3, -0.25) is 9.59 Å². The summed E-state index contributed by atoms with van der Waals surface area (Å²) in [5.74, 6) is -1.29. The van der Waals surface area contributed by atoms with Crippen molar-refractivity contribution >= 4 is 29.0 Å². The number of ether oxygens (including phenoxy) is 2. The van der Waals surface area contributed by atoms with Gasteiger partial charge in [0.05, 0.1) is 18.7 Å². The Labute approximate surface area is 191 Å². The predicted octanol–water partition coefficient (Wildman–Crippen LogP) is 3.36. The number of hydrogen-bond donors (Lipinski definition) is 4. The topological polar surface area (TPSA) is 121 Å². The number of carboxylic acids is 1. The van der Waals surface area contributed by atoms with Crippen molar-refractivity contribution in [1.29, 1.82) is 5.41 Å². The molecule has 2 aliphatic rings. The molecule has 2 aromatic carbocycles. The number of carbonyl (C=O) groups is 2. The van der Waals surface area contributed by atoms with Gasteiger partial charge in [0.1, 0.15) is 12.2 Å². The summed E-state index contributed by atoms with van der Waals surface area (Å²) in [6.07, 6.45) is 6.16. The average molecular weight is 447 g/mol. The van der Waals surface area contributed by atoms with E-state index in [0.29, 0.717) is 23.5 Å². The zero-order chi connectivity index (χ0) is 23.2. The number of hydrogen-bond acceptors (Lipinski definition) is 6. The molecule has 4 rings (SSSR count). The van der Waals surface area contributed by atoms with Gasteiger partial charge in [0.2, 0.25) is 0 Å². The molecule has 0 aromatic heterocycles. The zero-order valence-corrected chi connectivity index (χ0v) is 17.9. The monoisotopic (exact) mass is 447 g/mol. The fourth-order valence-corrected chi connectivity index (χ4v) is 3.68. The van der Waals surface area contributed by atoms with Crippen LogP contribution in [0.5, 0.6) is 0 Å². The highest BCUT2D eigenvalue weighted by Crippen LogP contribution is 2.22. The van der Waals surface area contributed by atoms with Gasteiger partial charge >= 0.3 is 5.97 Å². The molecule has 1 aliphatic heterocycles. The second-order valence-corrected chi connectivity index (χ2v) is 7.79. The third kappa shape index (κ3) is 5.74. The van der Waals surface area contributed by atoms with Crippen molar-refractivity contribution in [2.24, 2.45) is 0 Å². The molecule has 8 nitrogen and oxygen atoms in total. The van der Waals surface area contributed by atoms with Crippen LogP contribution in [-0.2, 0) is 25.6 Å². The molecule has 1 fully saturated rings.